The number of thiocarbonyl (C=S) groups is 1. The van der Waals surface area contributed by atoms with Crippen molar-refractivity contribution in [2.24, 2.45) is 0 Å². The molecule has 0 aliphatic carbocycles. The zero-order valence-electron chi connectivity index (χ0n) is 16.7. The van der Waals surface area contributed by atoms with Crippen LogP contribution in [-0.4, -0.2) is 28.2 Å². The summed E-state index contributed by atoms with van der Waals surface area (Å²) in [5.41, 5.74) is 1.72. The summed E-state index contributed by atoms with van der Waals surface area (Å²) in [7, 11) is 1.49. The minimum absolute atomic E-state index is 0.146. The first-order valence-corrected chi connectivity index (χ1v) is 12.3. The van der Waals surface area contributed by atoms with Crippen LogP contribution >= 0.6 is 51.2 Å². The molecule has 162 valence electrons. The molecule has 2 aromatic carbocycles. The van der Waals surface area contributed by atoms with Crippen molar-refractivity contribution in [2.75, 3.05) is 7.11 Å². The number of amides is 1. The van der Waals surface area contributed by atoms with Gasteiger partial charge in [-0.05, 0) is 56.7 Å². The molecule has 1 amide bonds. The third-order valence-electron chi connectivity index (χ3n) is 4.52. The van der Waals surface area contributed by atoms with Crippen molar-refractivity contribution in [3.63, 3.8) is 0 Å². The normalized spacial score (nSPS) is 14.8. The van der Waals surface area contributed by atoms with Crippen molar-refractivity contribution in [3.05, 3.63) is 85.4 Å². The highest BCUT2D eigenvalue weighted by Gasteiger charge is 2.32. The molecule has 4 rings (SSSR count). The molecule has 0 N–H and O–H groups in total. The van der Waals surface area contributed by atoms with Crippen LogP contribution in [0.2, 0.25) is 0 Å². The molecule has 1 saturated heterocycles. The summed E-state index contributed by atoms with van der Waals surface area (Å²) in [4.78, 5) is 27.9. The minimum Gasteiger partial charge on any atom is -0.493 e. The number of halogens is 1. The maximum atomic E-state index is 12.9. The van der Waals surface area contributed by atoms with Gasteiger partial charge in [0.1, 0.15) is 9.20 Å². The van der Waals surface area contributed by atoms with Gasteiger partial charge in [0, 0.05) is 0 Å². The number of benzene rings is 2. The fourth-order valence-corrected chi connectivity index (χ4v) is 5.41. The van der Waals surface area contributed by atoms with Crippen LogP contribution in [0.3, 0.4) is 0 Å². The van der Waals surface area contributed by atoms with Gasteiger partial charge >= 0.3 is 5.97 Å². The molecule has 0 atom stereocenters. The Morgan fingerprint density at radius 2 is 1.97 bits per heavy atom. The van der Waals surface area contributed by atoms with E-state index in [2.05, 4.69) is 15.9 Å². The van der Waals surface area contributed by atoms with Crippen LogP contribution in [0.1, 0.15) is 20.8 Å². The lowest BCUT2D eigenvalue weighted by Crippen LogP contribution is -2.27. The van der Waals surface area contributed by atoms with E-state index in [-0.39, 0.29) is 11.7 Å². The average molecular weight is 546 g/mol. The van der Waals surface area contributed by atoms with E-state index < -0.39 is 5.97 Å². The number of esters is 1. The molecule has 0 unspecified atom stereocenters. The van der Waals surface area contributed by atoms with E-state index >= 15 is 0 Å². The van der Waals surface area contributed by atoms with Gasteiger partial charge in [-0.2, -0.15) is 0 Å². The number of methoxy groups -OCH3 is 1. The fourth-order valence-electron chi connectivity index (χ4n) is 3.01. The summed E-state index contributed by atoms with van der Waals surface area (Å²) in [6.07, 6.45) is 1.75. The molecule has 1 aromatic heterocycles. The molecule has 5 nitrogen and oxygen atoms in total. The highest BCUT2D eigenvalue weighted by atomic mass is 79.9. The van der Waals surface area contributed by atoms with Gasteiger partial charge in [-0.1, -0.05) is 60.4 Å². The first-order valence-electron chi connectivity index (χ1n) is 9.39. The Morgan fingerprint density at radius 3 is 2.66 bits per heavy atom. The molecule has 1 aliphatic heterocycles. The lowest BCUT2D eigenvalue weighted by Gasteiger charge is -2.14. The predicted octanol–water partition coefficient (Wildman–Crippen LogP) is 6.14. The summed E-state index contributed by atoms with van der Waals surface area (Å²) < 4.78 is 12.0. The Balaban J connectivity index is 1.57. The fraction of sp³-hybridized carbons (Fsp3) is 0.0870. The number of thiophene rings is 1. The average Bonchev–Trinajstić information content (AvgIpc) is 3.41. The van der Waals surface area contributed by atoms with Crippen LogP contribution in [-0.2, 0) is 11.3 Å². The molecule has 0 spiro atoms. The maximum absolute atomic E-state index is 12.9. The van der Waals surface area contributed by atoms with Crippen molar-refractivity contribution in [1.29, 1.82) is 0 Å². The third-order valence-corrected chi connectivity index (χ3v) is 7.34. The van der Waals surface area contributed by atoms with Crippen molar-refractivity contribution in [2.45, 2.75) is 6.54 Å². The maximum Gasteiger partial charge on any atom is 0.353 e. The van der Waals surface area contributed by atoms with E-state index in [9.17, 15) is 9.59 Å². The van der Waals surface area contributed by atoms with Crippen molar-refractivity contribution in [1.82, 2.24) is 4.90 Å². The first kappa shape index (κ1) is 22.7. The monoisotopic (exact) mass is 545 g/mol. The Labute approximate surface area is 207 Å². The number of hydrogen-bond donors (Lipinski definition) is 0. The van der Waals surface area contributed by atoms with Crippen LogP contribution < -0.4 is 9.47 Å². The SMILES string of the molecule is COc1cc(C=C2SC(=S)N(Cc3ccccc3)C2=O)cc(Br)c1OC(=O)c1cccs1. The number of thioether (sulfide) groups is 1. The smallest absolute Gasteiger partial charge is 0.353 e. The van der Waals surface area contributed by atoms with Crippen LogP contribution in [0, 0.1) is 0 Å². The molecular formula is C23H16BrNO4S3. The largest absolute Gasteiger partial charge is 0.493 e. The number of carbonyl (C=O) groups excluding carboxylic acids is 2. The molecule has 9 heteroatoms. The van der Waals surface area contributed by atoms with E-state index in [0.29, 0.717) is 36.4 Å². The second-order valence-electron chi connectivity index (χ2n) is 6.65. The standard InChI is InChI=1S/C23H16BrNO4S3/c1-28-17-11-15(10-16(24)20(17)29-22(27)18-8-5-9-31-18)12-19-21(26)25(23(30)32-19)13-14-6-3-2-4-7-14/h2-12H,13H2,1H3. The Kier molecular flexibility index (Phi) is 7.10. The summed E-state index contributed by atoms with van der Waals surface area (Å²) >= 11 is 11.4. The Hall–Kier alpha value is -2.46. The number of carbonyl (C=O) groups is 2. The van der Waals surface area contributed by atoms with Crippen LogP contribution in [0.5, 0.6) is 11.5 Å². The van der Waals surface area contributed by atoms with Gasteiger partial charge in [-0.3, -0.25) is 9.69 Å². The molecule has 0 bridgehead atoms. The predicted molar refractivity (Wildman–Crippen MR) is 135 cm³/mol. The number of nitrogens with zero attached hydrogens (tertiary/aromatic N) is 1. The van der Waals surface area contributed by atoms with Crippen molar-refractivity contribution < 1.29 is 19.1 Å². The number of rotatable bonds is 6. The van der Waals surface area contributed by atoms with Gasteiger partial charge in [-0.15, -0.1) is 11.3 Å². The van der Waals surface area contributed by atoms with Crippen LogP contribution in [0.15, 0.2) is 69.4 Å². The van der Waals surface area contributed by atoms with Crippen molar-refractivity contribution in [3.8, 4) is 11.5 Å². The van der Waals surface area contributed by atoms with Gasteiger partial charge in [0.15, 0.2) is 11.5 Å². The number of ether oxygens (including phenoxy) is 2. The van der Waals surface area contributed by atoms with E-state index in [1.165, 1.54) is 30.2 Å². The van der Waals surface area contributed by atoms with E-state index in [1.54, 1.807) is 40.6 Å². The summed E-state index contributed by atoms with van der Waals surface area (Å²) in [6.45, 7) is 0.424. The van der Waals surface area contributed by atoms with Gasteiger partial charge < -0.3 is 9.47 Å². The van der Waals surface area contributed by atoms with Gasteiger partial charge in [0.05, 0.1) is 23.0 Å². The zero-order chi connectivity index (χ0) is 22.7. The molecular weight excluding hydrogens is 530 g/mol. The molecule has 2 heterocycles. The zero-order valence-corrected chi connectivity index (χ0v) is 20.8. The molecule has 32 heavy (non-hydrogen) atoms. The topological polar surface area (TPSA) is 55.8 Å². The van der Waals surface area contributed by atoms with Crippen LogP contribution in [0.4, 0.5) is 0 Å². The lowest BCUT2D eigenvalue weighted by atomic mass is 10.1. The second kappa shape index (κ2) is 9.99. The van der Waals surface area contributed by atoms with Gasteiger partial charge in [0.25, 0.3) is 5.91 Å². The first-order chi connectivity index (χ1) is 15.5. The van der Waals surface area contributed by atoms with Crippen molar-refractivity contribution >= 4 is 73.5 Å². The lowest BCUT2D eigenvalue weighted by molar-refractivity contribution is -0.122. The molecule has 1 aliphatic rings. The molecule has 1 fully saturated rings. The van der Waals surface area contributed by atoms with Gasteiger partial charge in [0.2, 0.25) is 0 Å². The minimum atomic E-state index is -0.464. The van der Waals surface area contributed by atoms with Gasteiger partial charge in [-0.25, -0.2) is 4.79 Å². The molecule has 0 radical (unpaired) electrons. The molecule has 3 aromatic rings. The Morgan fingerprint density at radius 1 is 1.19 bits per heavy atom. The quantitative estimate of drug-likeness (QED) is 0.160. The third kappa shape index (κ3) is 4.96. The Bertz CT molecular complexity index is 1210. The number of hydrogen-bond acceptors (Lipinski definition) is 7. The summed E-state index contributed by atoms with van der Waals surface area (Å²) in [5, 5.41) is 1.81. The molecule has 0 saturated carbocycles. The van der Waals surface area contributed by atoms with E-state index in [0.717, 1.165) is 5.56 Å². The highest BCUT2D eigenvalue weighted by molar-refractivity contribution is 9.10. The van der Waals surface area contributed by atoms with Crippen LogP contribution in [0.25, 0.3) is 6.08 Å². The van der Waals surface area contributed by atoms with E-state index in [1.807, 2.05) is 30.3 Å². The summed E-state index contributed by atoms with van der Waals surface area (Å²) in [5.74, 6) is 0.0376. The van der Waals surface area contributed by atoms with E-state index in [4.69, 9.17) is 21.7 Å². The summed E-state index contributed by atoms with van der Waals surface area (Å²) in [6, 6.07) is 16.7. The highest BCUT2D eigenvalue weighted by Crippen LogP contribution is 2.40. The second-order valence-corrected chi connectivity index (χ2v) is 10.1.